The van der Waals surface area contributed by atoms with Crippen molar-refractivity contribution in [2.75, 3.05) is 7.11 Å². The molecule has 0 radical (unpaired) electrons. The van der Waals surface area contributed by atoms with Gasteiger partial charge >= 0.3 is 0 Å². The third-order valence-electron chi connectivity index (χ3n) is 3.40. The van der Waals surface area contributed by atoms with Gasteiger partial charge in [0.2, 0.25) is 5.91 Å². The summed E-state index contributed by atoms with van der Waals surface area (Å²) in [6, 6.07) is 10.7. The molecule has 2 N–H and O–H groups in total. The number of ether oxygens (including phenoxy) is 1. The molecule has 118 valence electrons. The Morgan fingerprint density at radius 1 is 1.32 bits per heavy atom. The van der Waals surface area contributed by atoms with E-state index in [0.29, 0.717) is 17.9 Å². The molecule has 0 bridgehead atoms. The van der Waals surface area contributed by atoms with Crippen molar-refractivity contribution in [3.05, 3.63) is 54.0 Å². The van der Waals surface area contributed by atoms with Crippen LogP contribution in [0.5, 0.6) is 5.75 Å². The minimum atomic E-state index is -0.725. The van der Waals surface area contributed by atoms with Crippen LogP contribution in [0.3, 0.4) is 0 Å². The molecule has 0 saturated heterocycles. The molecule has 2 atom stereocenters. The first-order valence-corrected chi connectivity index (χ1v) is 7.23. The van der Waals surface area contributed by atoms with E-state index in [1.54, 1.807) is 19.2 Å². The predicted octanol–water partition coefficient (Wildman–Crippen LogP) is 2.46. The number of carbonyl (C=O) groups is 1. The van der Waals surface area contributed by atoms with Gasteiger partial charge in [-0.05, 0) is 25.1 Å². The first-order chi connectivity index (χ1) is 10.6. The van der Waals surface area contributed by atoms with Gasteiger partial charge < -0.3 is 19.6 Å². The summed E-state index contributed by atoms with van der Waals surface area (Å²) in [4.78, 5) is 12.1. The molecule has 5 heteroatoms. The number of furan rings is 1. The molecule has 1 aromatic carbocycles. The normalized spacial score (nSPS) is 13.4. The van der Waals surface area contributed by atoms with Gasteiger partial charge in [-0.2, -0.15) is 0 Å². The SMILES string of the molecule is COc1ccccc1CC(=O)NC(C)CC(O)c1ccco1. The number of aliphatic hydroxyl groups is 1. The van der Waals surface area contributed by atoms with Crippen LogP contribution in [0.1, 0.15) is 30.8 Å². The van der Waals surface area contributed by atoms with Crippen molar-refractivity contribution >= 4 is 5.91 Å². The van der Waals surface area contributed by atoms with Crippen molar-refractivity contribution in [1.29, 1.82) is 0 Å². The van der Waals surface area contributed by atoms with Crippen molar-refractivity contribution in [2.24, 2.45) is 0 Å². The minimum absolute atomic E-state index is 0.108. The maximum absolute atomic E-state index is 12.1. The van der Waals surface area contributed by atoms with Gasteiger partial charge in [-0.1, -0.05) is 18.2 Å². The summed E-state index contributed by atoms with van der Waals surface area (Å²) >= 11 is 0. The number of benzene rings is 1. The smallest absolute Gasteiger partial charge is 0.224 e. The highest BCUT2D eigenvalue weighted by molar-refractivity contribution is 5.79. The molecule has 0 aliphatic carbocycles. The lowest BCUT2D eigenvalue weighted by Gasteiger charge is -2.17. The zero-order valence-corrected chi connectivity index (χ0v) is 12.8. The lowest BCUT2D eigenvalue weighted by molar-refractivity contribution is -0.121. The second-order valence-electron chi connectivity index (χ2n) is 5.22. The van der Waals surface area contributed by atoms with Gasteiger partial charge in [-0.25, -0.2) is 0 Å². The summed E-state index contributed by atoms with van der Waals surface area (Å²) in [7, 11) is 1.58. The number of aliphatic hydroxyl groups excluding tert-OH is 1. The summed E-state index contributed by atoms with van der Waals surface area (Å²) in [6.07, 6.45) is 1.43. The van der Waals surface area contributed by atoms with Gasteiger partial charge in [0.15, 0.2) is 0 Å². The van der Waals surface area contributed by atoms with Crippen molar-refractivity contribution < 1.29 is 19.1 Å². The highest BCUT2D eigenvalue weighted by atomic mass is 16.5. The Morgan fingerprint density at radius 3 is 2.77 bits per heavy atom. The first kappa shape index (κ1) is 16.1. The molecule has 2 rings (SSSR count). The Labute approximate surface area is 129 Å². The second kappa shape index (κ2) is 7.66. The Hall–Kier alpha value is -2.27. The highest BCUT2D eigenvalue weighted by Gasteiger charge is 2.17. The molecular weight excluding hydrogens is 282 g/mol. The molecule has 5 nitrogen and oxygen atoms in total. The Balaban J connectivity index is 1.86. The van der Waals surface area contributed by atoms with Gasteiger partial charge in [0.25, 0.3) is 0 Å². The van der Waals surface area contributed by atoms with Crippen LogP contribution in [0, 0.1) is 0 Å². The summed E-state index contributed by atoms with van der Waals surface area (Å²) in [6.45, 7) is 1.85. The van der Waals surface area contributed by atoms with Crippen molar-refractivity contribution in [1.82, 2.24) is 5.32 Å². The van der Waals surface area contributed by atoms with Crippen molar-refractivity contribution in [3.8, 4) is 5.75 Å². The fraction of sp³-hybridized carbons (Fsp3) is 0.353. The van der Waals surface area contributed by atoms with E-state index in [1.165, 1.54) is 6.26 Å². The number of nitrogens with one attached hydrogen (secondary N) is 1. The van der Waals surface area contributed by atoms with Crippen LogP contribution in [0.25, 0.3) is 0 Å². The van der Waals surface area contributed by atoms with E-state index in [0.717, 1.165) is 5.56 Å². The lowest BCUT2D eigenvalue weighted by atomic mass is 10.1. The second-order valence-corrected chi connectivity index (χ2v) is 5.22. The maximum atomic E-state index is 12.1. The number of carbonyl (C=O) groups excluding carboxylic acids is 1. The van der Waals surface area contributed by atoms with E-state index in [9.17, 15) is 9.90 Å². The Bertz CT molecular complexity index is 594. The zero-order chi connectivity index (χ0) is 15.9. The Morgan fingerprint density at radius 2 is 2.09 bits per heavy atom. The van der Waals surface area contributed by atoms with Gasteiger partial charge in [-0.3, -0.25) is 4.79 Å². The average Bonchev–Trinajstić information content (AvgIpc) is 3.01. The lowest BCUT2D eigenvalue weighted by Crippen LogP contribution is -2.34. The first-order valence-electron chi connectivity index (χ1n) is 7.23. The van der Waals surface area contributed by atoms with Gasteiger partial charge in [0.05, 0.1) is 19.8 Å². The topological polar surface area (TPSA) is 71.7 Å². The third-order valence-corrected chi connectivity index (χ3v) is 3.40. The summed E-state index contributed by atoms with van der Waals surface area (Å²) in [5, 5.41) is 12.9. The molecule has 1 amide bonds. The summed E-state index contributed by atoms with van der Waals surface area (Å²) in [5.41, 5.74) is 0.835. The molecular formula is C17H21NO4. The van der Waals surface area contributed by atoms with E-state index in [4.69, 9.17) is 9.15 Å². The quantitative estimate of drug-likeness (QED) is 0.824. The molecule has 2 aromatic rings. The van der Waals surface area contributed by atoms with Gasteiger partial charge in [0.1, 0.15) is 17.6 Å². The number of para-hydroxylation sites is 1. The minimum Gasteiger partial charge on any atom is -0.496 e. The standard InChI is InChI=1S/C17H21NO4/c1-12(10-14(19)16-8-5-9-22-16)18-17(20)11-13-6-3-4-7-15(13)21-2/h3-9,12,14,19H,10-11H2,1-2H3,(H,18,20). The van der Waals surface area contributed by atoms with Crippen molar-refractivity contribution in [2.45, 2.75) is 31.9 Å². The van der Waals surface area contributed by atoms with Crippen molar-refractivity contribution in [3.63, 3.8) is 0 Å². The van der Waals surface area contributed by atoms with Crippen LogP contribution in [0.4, 0.5) is 0 Å². The molecule has 1 aromatic heterocycles. The molecule has 2 unspecified atom stereocenters. The fourth-order valence-corrected chi connectivity index (χ4v) is 2.34. The van der Waals surface area contributed by atoms with Crippen LogP contribution in [-0.2, 0) is 11.2 Å². The number of hydrogen-bond acceptors (Lipinski definition) is 4. The van der Waals surface area contributed by atoms with Crippen LogP contribution >= 0.6 is 0 Å². The zero-order valence-electron chi connectivity index (χ0n) is 12.8. The molecule has 0 fully saturated rings. The molecule has 1 heterocycles. The maximum Gasteiger partial charge on any atom is 0.224 e. The van der Waals surface area contributed by atoms with Crippen LogP contribution in [0.2, 0.25) is 0 Å². The fourth-order valence-electron chi connectivity index (χ4n) is 2.34. The molecule has 0 aliphatic rings. The number of rotatable bonds is 7. The predicted molar refractivity (Wildman–Crippen MR) is 82.6 cm³/mol. The van der Waals surface area contributed by atoms with E-state index in [1.807, 2.05) is 31.2 Å². The van der Waals surface area contributed by atoms with Crippen LogP contribution in [-0.4, -0.2) is 24.2 Å². The highest BCUT2D eigenvalue weighted by Crippen LogP contribution is 2.20. The number of hydrogen-bond donors (Lipinski definition) is 2. The van der Waals surface area contributed by atoms with E-state index in [2.05, 4.69) is 5.32 Å². The molecule has 0 saturated carbocycles. The number of methoxy groups -OCH3 is 1. The molecule has 0 spiro atoms. The third kappa shape index (κ3) is 4.36. The largest absolute Gasteiger partial charge is 0.496 e. The Kier molecular flexibility index (Phi) is 5.61. The summed E-state index contributed by atoms with van der Waals surface area (Å²) < 4.78 is 10.4. The van der Waals surface area contributed by atoms with Gasteiger partial charge in [-0.15, -0.1) is 0 Å². The van der Waals surface area contributed by atoms with E-state index < -0.39 is 6.10 Å². The number of amides is 1. The monoisotopic (exact) mass is 303 g/mol. The summed E-state index contributed by atoms with van der Waals surface area (Å²) in [5.74, 6) is 1.09. The van der Waals surface area contributed by atoms with E-state index in [-0.39, 0.29) is 18.4 Å². The van der Waals surface area contributed by atoms with Gasteiger partial charge in [0, 0.05) is 18.0 Å². The molecule has 0 aliphatic heterocycles. The average molecular weight is 303 g/mol. The van der Waals surface area contributed by atoms with Crippen LogP contribution < -0.4 is 10.1 Å². The van der Waals surface area contributed by atoms with E-state index >= 15 is 0 Å². The molecule has 22 heavy (non-hydrogen) atoms. The van der Waals surface area contributed by atoms with Crippen LogP contribution in [0.15, 0.2) is 47.1 Å².